The molecule has 1 amide bonds. The van der Waals surface area contributed by atoms with Gasteiger partial charge in [0.15, 0.2) is 0 Å². The molecular weight excluding hydrogens is 426 g/mol. The molecular formula is C23H21N5O5. The number of nitrogens with one attached hydrogen (secondary N) is 2. The second-order valence-corrected chi connectivity index (χ2v) is 7.63. The Hall–Kier alpha value is -4.39. The molecule has 1 heterocycles. The number of carbonyl (C=O) groups excluding carboxylic acids is 1. The summed E-state index contributed by atoms with van der Waals surface area (Å²) in [7, 11) is 0. The summed E-state index contributed by atoms with van der Waals surface area (Å²) in [4.78, 5) is 23.4. The highest BCUT2D eigenvalue weighted by Crippen LogP contribution is 2.28. The smallest absolute Gasteiger partial charge is 0.320 e. The van der Waals surface area contributed by atoms with Crippen molar-refractivity contribution in [2.24, 2.45) is 5.92 Å². The highest BCUT2D eigenvalue weighted by molar-refractivity contribution is 6.00. The van der Waals surface area contributed by atoms with Gasteiger partial charge in [0.1, 0.15) is 5.75 Å². The minimum absolute atomic E-state index is 0.0125. The average molecular weight is 447 g/mol. The Bertz CT molecular complexity index is 1160. The quantitative estimate of drug-likeness (QED) is 0.489. The van der Waals surface area contributed by atoms with E-state index in [9.17, 15) is 9.59 Å². The number of nitriles is 1. The molecule has 4 rings (SSSR count). The maximum Gasteiger partial charge on any atom is 0.320 e. The van der Waals surface area contributed by atoms with Crippen LogP contribution in [0.15, 0.2) is 52.9 Å². The lowest BCUT2D eigenvalue weighted by atomic mass is 9.87. The van der Waals surface area contributed by atoms with Crippen molar-refractivity contribution in [3.63, 3.8) is 0 Å². The minimum atomic E-state index is -0.744. The Labute approximate surface area is 189 Å². The molecule has 0 spiro atoms. The molecule has 1 saturated carbocycles. The van der Waals surface area contributed by atoms with Crippen LogP contribution in [0.2, 0.25) is 0 Å². The highest BCUT2D eigenvalue weighted by atomic mass is 16.5. The number of carbonyl (C=O) groups is 2. The second-order valence-electron chi connectivity index (χ2n) is 7.63. The number of carboxylic acid groups (broad SMARTS) is 1. The Morgan fingerprint density at radius 3 is 2.30 bits per heavy atom. The fourth-order valence-corrected chi connectivity index (χ4v) is 3.54. The predicted molar refractivity (Wildman–Crippen MR) is 117 cm³/mol. The van der Waals surface area contributed by atoms with E-state index < -0.39 is 11.9 Å². The Balaban J connectivity index is 1.29. The summed E-state index contributed by atoms with van der Waals surface area (Å²) >= 11 is 0. The van der Waals surface area contributed by atoms with Crippen LogP contribution in [0.4, 0.5) is 17.4 Å². The van der Waals surface area contributed by atoms with Crippen molar-refractivity contribution in [2.75, 3.05) is 10.6 Å². The van der Waals surface area contributed by atoms with E-state index in [1.807, 2.05) is 6.07 Å². The molecule has 1 aromatic heterocycles. The molecule has 3 N–H and O–H groups in total. The number of anilines is 3. The number of carboxylic acids is 1. The summed E-state index contributed by atoms with van der Waals surface area (Å²) in [5, 5.41) is 31.0. The van der Waals surface area contributed by atoms with E-state index in [4.69, 9.17) is 19.5 Å². The standard InChI is InChI=1S/C23H21N5O5/c24-13-14-1-5-17(6-2-14)26-23-28-27-21(33-23)20(29)25-16-7-11-19(12-8-16)32-18-9-3-15(4-10-18)22(30)31/h1-2,5-8,11-12,15,18H,3-4,9-10H2,(H,25,29)(H,26,28)(H,30,31)/t15-,18-. The van der Waals surface area contributed by atoms with Crippen LogP contribution >= 0.6 is 0 Å². The van der Waals surface area contributed by atoms with Crippen molar-refractivity contribution in [3.8, 4) is 11.8 Å². The predicted octanol–water partition coefficient (Wildman–Crippen LogP) is 3.96. The molecule has 2 aromatic carbocycles. The third kappa shape index (κ3) is 5.65. The molecule has 0 unspecified atom stereocenters. The topological polar surface area (TPSA) is 150 Å². The number of hydrogen-bond acceptors (Lipinski definition) is 8. The van der Waals surface area contributed by atoms with Gasteiger partial charge in [-0.2, -0.15) is 5.26 Å². The fraction of sp³-hybridized carbons (Fsp3) is 0.261. The number of amides is 1. The van der Waals surface area contributed by atoms with Gasteiger partial charge in [0.25, 0.3) is 0 Å². The van der Waals surface area contributed by atoms with E-state index in [1.165, 1.54) is 0 Å². The van der Waals surface area contributed by atoms with Gasteiger partial charge in [-0.1, -0.05) is 5.10 Å². The third-order valence-corrected chi connectivity index (χ3v) is 5.32. The summed E-state index contributed by atoms with van der Waals surface area (Å²) in [5.74, 6) is -1.14. The van der Waals surface area contributed by atoms with Crippen LogP contribution in [0.25, 0.3) is 0 Å². The average Bonchev–Trinajstić information content (AvgIpc) is 3.30. The largest absolute Gasteiger partial charge is 0.490 e. The zero-order valence-electron chi connectivity index (χ0n) is 17.5. The monoisotopic (exact) mass is 447 g/mol. The number of ether oxygens (including phenoxy) is 1. The maximum absolute atomic E-state index is 12.4. The zero-order chi connectivity index (χ0) is 23.2. The number of hydrogen-bond donors (Lipinski definition) is 3. The van der Waals surface area contributed by atoms with Gasteiger partial charge in [-0.25, -0.2) is 0 Å². The van der Waals surface area contributed by atoms with Gasteiger partial charge in [0.2, 0.25) is 0 Å². The van der Waals surface area contributed by atoms with Gasteiger partial charge in [-0.15, -0.1) is 5.10 Å². The van der Waals surface area contributed by atoms with Crippen molar-refractivity contribution >= 4 is 29.3 Å². The van der Waals surface area contributed by atoms with Crippen LogP contribution in [-0.4, -0.2) is 33.3 Å². The highest BCUT2D eigenvalue weighted by Gasteiger charge is 2.26. The van der Waals surface area contributed by atoms with Crippen LogP contribution in [0.1, 0.15) is 41.9 Å². The molecule has 168 valence electrons. The lowest BCUT2D eigenvalue weighted by Crippen LogP contribution is -2.27. The first kappa shape index (κ1) is 21.8. The van der Waals surface area contributed by atoms with E-state index >= 15 is 0 Å². The molecule has 1 aliphatic carbocycles. The van der Waals surface area contributed by atoms with E-state index in [2.05, 4.69) is 20.8 Å². The molecule has 10 heteroatoms. The van der Waals surface area contributed by atoms with Crippen LogP contribution in [0.3, 0.4) is 0 Å². The number of rotatable bonds is 7. The van der Waals surface area contributed by atoms with Crippen molar-refractivity contribution in [2.45, 2.75) is 31.8 Å². The van der Waals surface area contributed by atoms with Crippen molar-refractivity contribution in [1.29, 1.82) is 5.26 Å². The zero-order valence-corrected chi connectivity index (χ0v) is 17.5. The van der Waals surface area contributed by atoms with Crippen molar-refractivity contribution in [1.82, 2.24) is 10.2 Å². The van der Waals surface area contributed by atoms with Crippen molar-refractivity contribution in [3.05, 3.63) is 60.0 Å². The normalized spacial score (nSPS) is 17.5. The first-order valence-corrected chi connectivity index (χ1v) is 10.4. The molecule has 10 nitrogen and oxygen atoms in total. The lowest BCUT2D eigenvalue weighted by molar-refractivity contribution is -0.143. The Morgan fingerprint density at radius 2 is 1.67 bits per heavy atom. The summed E-state index contributed by atoms with van der Waals surface area (Å²) in [6, 6.07) is 15.6. The van der Waals surface area contributed by atoms with E-state index in [1.54, 1.807) is 48.5 Å². The molecule has 0 atom stereocenters. The van der Waals surface area contributed by atoms with Gasteiger partial charge in [0, 0.05) is 11.4 Å². The van der Waals surface area contributed by atoms with Crippen LogP contribution in [0.5, 0.6) is 5.75 Å². The van der Waals surface area contributed by atoms with Crippen molar-refractivity contribution < 1.29 is 23.8 Å². The van der Waals surface area contributed by atoms with Gasteiger partial charge in [-0.3, -0.25) is 9.59 Å². The molecule has 1 fully saturated rings. The SMILES string of the molecule is N#Cc1ccc(Nc2nnc(C(=O)Nc3ccc(O[C@H]4CC[C@H](C(=O)O)CC4)cc3)o2)cc1. The number of benzene rings is 2. The van der Waals surface area contributed by atoms with E-state index in [0.717, 1.165) is 0 Å². The van der Waals surface area contributed by atoms with Crippen LogP contribution in [-0.2, 0) is 4.79 Å². The van der Waals surface area contributed by atoms with Crippen LogP contribution in [0, 0.1) is 17.2 Å². The van der Waals surface area contributed by atoms with E-state index in [0.29, 0.717) is 48.4 Å². The van der Waals surface area contributed by atoms with Gasteiger partial charge in [-0.05, 0) is 74.2 Å². The summed E-state index contributed by atoms with van der Waals surface area (Å²) in [6.07, 6.45) is 2.61. The number of aromatic nitrogens is 2. The van der Waals surface area contributed by atoms with Crippen LogP contribution < -0.4 is 15.4 Å². The fourth-order valence-electron chi connectivity index (χ4n) is 3.54. The molecule has 33 heavy (non-hydrogen) atoms. The number of aliphatic carboxylic acids is 1. The molecule has 3 aromatic rings. The molecule has 1 aliphatic rings. The second kappa shape index (κ2) is 9.82. The van der Waals surface area contributed by atoms with Gasteiger partial charge >= 0.3 is 23.8 Å². The molecule has 0 aliphatic heterocycles. The molecule has 0 radical (unpaired) electrons. The van der Waals surface area contributed by atoms with Gasteiger partial charge < -0.3 is 24.9 Å². The first-order valence-electron chi connectivity index (χ1n) is 10.4. The maximum atomic E-state index is 12.4. The molecule has 0 bridgehead atoms. The third-order valence-electron chi connectivity index (χ3n) is 5.32. The van der Waals surface area contributed by atoms with E-state index in [-0.39, 0.29) is 23.9 Å². The first-order chi connectivity index (χ1) is 16.0. The number of nitrogens with zero attached hydrogens (tertiary/aromatic N) is 3. The lowest BCUT2D eigenvalue weighted by Gasteiger charge is -2.26. The Morgan fingerprint density at radius 1 is 1.00 bits per heavy atom. The summed E-state index contributed by atoms with van der Waals surface area (Å²) in [5.41, 5.74) is 1.69. The summed E-state index contributed by atoms with van der Waals surface area (Å²) < 4.78 is 11.3. The Kier molecular flexibility index (Phi) is 6.50. The molecule has 0 saturated heterocycles. The summed E-state index contributed by atoms with van der Waals surface area (Å²) in [6.45, 7) is 0. The van der Waals surface area contributed by atoms with Gasteiger partial charge in [0.05, 0.1) is 23.7 Å². The minimum Gasteiger partial charge on any atom is -0.490 e.